The number of nitrogens with one attached hydrogen (secondary N) is 1. The number of hydrogen-bond acceptors (Lipinski definition) is 2. The summed E-state index contributed by atoms with van der Waals surface area (Å²) in [7, 11) is 0. The number of halogens is 1. The van der Waals surface area contributed by atoms with E-state index in [-0.39, 0.29) is 24.8 Å². The van der Waals surface area contributed by atoms with E-state index >= 15 is 0 Å². The van der Waals surface area contributed by atoms with Gasteiger partial charge in [0.15, 0.2) is 0 Å². The molecule has 0 spiro atoms. The summed E-state index contributed by atoms with van der Waals surface area (Å²) < 4.78 is 0.992. The molecule has 1 rings (SSSR count). The Labute approximate surface area is 115 Å². The van der Waals surface area contributed by atoms with Crippen molar-refractivity contribution in [3.05, 3.63) is 34.3 Å². The van der Waals surface area contributed by atoms with Crippen LogP contribution in [0.4, 0.5) is 0 Å². The van der Waals surface area contributed by atoms with E-state index in [2.05, 4.69) is 21.2 Å². The molecule has 2 N–H and O–H groups in total. The summed E-state index contributed by atoms with van der Waals surface area (Å²) >= 11 is 3.35. The van der Waals surface area contributed by atoms with E-state index in [1.165, 1.54) is 0 Å². The van der Waals surface area contributed by atoms with E-state index < -0.39 is 5.97 Å². The number of rotatable bonds is 6. The molecule has 0 aliphatic rings. The molecule has 1 amide bonds. The maximum Gasteiger partial charge on any atom is 0.303 e. The molecule has 98 valence electrons. The highest BCUT2D eigenvalue weighted by atomic mass is 79.9. The van der Waals surface area contributed by atoms with E-state index in [0.29, 0.717) is 6.42 Å². The van der Waals surface area contributed by atoms with Crippen LogP contribution in [-0.2, 0) is 9.59 Å². The fraction of sp³-hybridized carbons (Fsp3) is 0.385. The number of carbonyl (C=O) groups is 2. The van der Waals surface area contributed by atoms with Crippen molar-refractivity contribution in [1.29, 1.82) is 0 Å². The van der Waals surface area contributed by atoms with Crippen LogP contribution in [0.1, 0.15) is 37.8 Å². The Bertz CT molecular complexity index is 417. The van der Waals surface area contributed by atoms with Gasteiger partial charge in [0.1, 0.15) is 0 Å². The first-order valence-corrected chi connectivity index (χ1v) is 6.55. The molecule has 1 aromatic carbocycles. The van der Waals surface area contributed by atoms with E-state index in [1.54, 1.807) is 0 Å². The standard InChI is InChI=1S/C13H16BrNO3/c1-9(10-5-7-11(14)8-6-10)15-12(16)3-2-4-13(17)18/h5-9H,2-4H2,1H3,(H,15,16)(H,17,18)/t9-/m1/s1. The van der Waals surface area contributed by atoms with E-state index in [0.717, 1.165) is 10.0 Å². The SMILES string of the molecule is C[C@@H](NC(=O)CCCC(=O)O)c1ccc(Br)cc1. The monoisotopic (exact) mass is 313 g/mol. The molecule has 0 aliphatic carbocycles. The normalized spacial score (nSPS) is 11.9. The van der Waals surface area contributed by atoms with Crippen molar-refractivity contribution in [2.75, 3.05) is 0 Å². The summed E-state index contributed by atoms with van der Waals surface area (Å²) in [5.74, 6) is -0.990. The first kappa shape index (κ1) is 14.7. The minimum Gasteiger partial charge on any atom is -0.481 e. The molecule has 4 nitrogen and oxygen atoms in total. The van der Waals surface area contributed by atoms with Crippen molar-refractivity contribution in [1.82, 2.24) is 5.32 Å². The van der Waals surface area contributed by atoms with Gasteiger partial charge >= 0.3 is 5.97 Å². The minimum absolute atomic E-state index is 0.0279. The molecule has 0 unspecified atom stereocenters. The van der Waals surface area contributed by atoms with Gasteiger partial charge in [-0.3, -0.25) is 9.59 Å². The lowest BCUT2D eigenvalue weighted by Gasteiger charge is -2.14. The fourth-order valence-electron chi connectivity index (χ4n) is 1.55. The third-order valence-corrected chi connectivity index (χ3v) is 3.07. The van der Waals surface area contributed by atoms with Gasteiger partial charge in [-0.05, 0) is 31.0 Å². The summed E-state index contributed by atoms with van der Waals surface area (Å²) in [6, 6.07) is 7.64. The molecule has 0 aromatic heterocycles. The van der Waals surface area contributed by atoms with Crippen LogP contribution in [0.2, 0.25) is 0 Å². The highest BCUT2D eigenvalue weighted by Gasteiger charge is 2.09. The van der Waals surface area contributed by atoms with Gasteiger partial charge < -0.3 is 10.4 Å². The Morgan fingerprint density at radius 1 is 1.28 bits per heavy atom. The molecule has 18 heavy (non-hydrogen) atoms. The summed E-state index contributed by atoms with van der Waals surface area (Å²) in [5, 5.41) is 11.3. The Hall–Kier alpha value is -1.36. The van der Waals surface area contributed by atoms with E-state index in [1.807, 2.05) is 31.2 Å². The zero-order valence-electron chi connectivity index (χ0n) is 10.1. The van der Waals surface area contributed by atoms with Crippen molar-refractivity contribution < 1.29 is 14.7 Å². The average Bonchev–Trinajstić information content (AvgIpc) is 2.29. The smallest absolute Gasteiger partial charge is 0.303 e. The van der Waals surface area contributed by atoms with Gasteiger partial charge in [-0.2, -0.15) is 0 Å². The molecule has 0 heterocycles. The lowest BCUT2D eigenvalue weighted by molar-refractivity contribution is -0.137. The van der Waals surface area contributed by atoms with Crippen molar-refractivity contribution in [3.8, 4) is 0 Å². The number of carbonyl (C=O) groups excluding carboxylic acids is 1. The molecular weight excluding hydrogens is 298 g/mol. The molecular formula is C13H16BrNO3. The van der Waals surface area contributed by atoms with Crippen LogP contribution in [0.3, 0.4) is 0 Å². The first-order chi connectivity index (χ1) is 8.49. The Morgan fingerprint density at radius 3 is 2.44 bits per heavy atom. The fourth-order valence-corrected chi connectivity index (χ4v) is 1.81. The predicted octanol–water partition coefficient (Wildman–Crippen LogP) is 2.88. The van der Waals surface area contributed by atoms with Crippen LogP contribution >= 0.6 is 15.9 Å². The molecule has 0 fully saturated rings. The maximum absolute atomic E-state index is 11.6. The zero-order valence-corrected chi connectivity index (χ0v) is 11.7. The second-order valence-electron chi connectivity index (χ2n) is 4.09. The van der Waals surface area contributed by atoms with Crippen molar-refractivity contribution in [2.24, 2.45) is 0 Å². The van der Waals surface area contributed by atoms with Gasteiger partial charge in [-0.25, -0.2) is 0 Å². The highest BCUT2D eigenvalue weighted by molar-refractivity contribution is 9.10. The first-order valence-electron chi connectivity index (χ1n) is 5.75. The highest BCUT2D eigenvalue weighted by Crippen LogP contribution is 2.16. The topological polar surface area (TPSA) is 66.4 Å². The lowest BCUT2D eigenvalue weighted by atomic mass is 10.1. The van der Waals surface area contributed by atoms with Crippen LogP contribution in [0.15, 0.2) is 28.7 Å². The molecule has 0 saturated heterocycles. The molecule has 0 bridgehead atoms. The number of aliphatic carboxylic acids is 1. The van der Waals surface area contributed by atoms with Gasteiger partial charge in [-0.15, -0.1) is 0 Å². The molecule has 0 aliphatic heterocycles. The summed E-state index contributed by atoms with van der Waals surface area (Å²) in [6.07, 6.45) is 0.640. The quantitative estimate of drug-likeness (QED) is 0.848. The van der Waals surface area contributed by atoms with Crippen molar-refractivity contribution in [3.63, 3.8) is 0 Å². The van der Waals surface area contributed by atoms with Crippen LogP contribution < -0.4 is 5.32 Å². The largest absolute Gasteiger partial charge is 0.481 e. The second-order valence-corrected chi connectivity index (χ2v) is 5.00. The lowest BCUT2D eigenvalue weighted by Crippen LogP contribution is -2.26. The second kappa shape index (κ2) is 7.16. The Kier molecular flexibility index (Phi) is 5.85. The van der Waals surface area contributed by atoms with Crippen molar-refractivity contribution in [2.45, 2.75) is 32.2 Å². The predicted molar refractivity (Wildman–Crippen MR) is 72.2 cm³/mol. The van der Waals surface area contributed by atoms with Crippen LogP contribution in [-0.4, -0.2) is 17.0 Å². The summed E-state index contributed by atoms with van der Waals surface area (Å²) in [4.78, 5) is 21.9. The van der Waals surface area contributed by atoms with E-state index in [4.69, 9.17) is 5.11 Å². The molecule has 0 saturated carbocycles. The van der Waals surface area contributed by atoms with Crippen molar-refractivity contribution >= 4 is 27.8 Å². The number of hydrogen-bond donors (Lipinski definition) is 2. The molecule has 0 radical (unpaired) electrons. The molecule has 1 atom stereocenters. The Balaban J connectivity index is 2.39. The molecule has 5 heteroatoms. The third-order valence-electron chi connectivity index (χ3n) is 2.54. The van der Waals surface area contributed by atoms with Gasteiger partial charge in [0.2, 0.25) is 5.91 Å². The van der Waals surface area contributed by atoms with Gasteiger partial charge in [-0.1, -0.05) is 28.1 Å². The summed E-state index contributed by atoms with van der Waals surface area (Å²) in [6.45, 7) is 1.90. The minimum atomic E-state index is -0.872. The zero-order chi connectivity index (χ0) is 13.5. The third kappa shape index (κ3) is 5.31. The average molecular weight is 314 g/mol. The number of carboxylic acid groups (broad SMARTS) is 1. The summed E-state index contributed by atoms with van der Waals surface area (Å²) in [5.41, 5.74) is 1.02. The molecule has 1 aromatic rings. The van der Waals surface area contributed by atoms with Crippen LogP contribution in [0.25, 0.3) is 0 Å². The number of amides is 1. The van der Waals surface area contributed by atoms with Crippen LogP contribution in [0.5, 0.6) is 0 Å². The number of benzene rings is 1. The van der Waals surface area contributed by atoms with Gasteiger partial charge in [0.25, 0.3) is 0 Å². The van der Waals surface area contributed by atoms with Gasteiger partial charge in [0, 0.05) is 17.3 Å². The van der Waals surface area contributed by atoms with Crippen LogP contribution in [0, 0.1) is 0 Å². The maximum atomic E-state index is 11.6. The Morgan fingerprint density at radius 2 is 1.89 bits per heavy atom. The van der Waals surface area contributed by atoms with Gasteiger partial charge in [0.05, 0.1) is 6.04 Å². The number of carboxylic acids is 1. The van der Waals surface area contributed by atoms with E-state index in [9.17, 15) is 9.59 Å².